The van der Waals surface area contributed by atoms with Crippen LogP contribution in [0.4, 0.5) is 15.5 Å². The highest BCUT2D eigenvalue weighted by molar-refractivity contribution is 5.87. The molecule has 242 valence electrons. The van der Waals surface area contributed by atoms with Crippen molar-refractivity contribution in [3.63, 3.8) is 0 Å². The van der Waals surface area contributed by atoms with Crippen molar-refractivity contribution in [2.45, 2.75) is 105 Å². The topological polar surface area (TPSA) is 184 Å². The Labute approximate surface area is 258 Å². The molecule has 0 saturated heterocycles. The number of ether oxygens (including phenoxy) is 1. The van der Waals surface area contributed by atoms with E-state index >= 15 is 0 Å². The highest BCUT2D eigenvalue weighted by atomic mass is 16.5. The first-order valence-corrected chi connectivity index (χ1v) is 15.1. The number of alkyl carbamates (subject to hydrolysis) is 1. The molecular weight excluding hydrogens is 566 g/mol. The summed E-state index contributed by atoms with van der Waals surface area (Å²) in [6.45, 7) is 15.0. The first-order chi connectivity index (χ1) is 20.5. The molecule has 1 aromatic rings. The van der Waals surface area contributed by atoms with Crippen molar-refractivity contribution in [2.24, 2.45) is 31.6 Å². The molecule has 13 nitrogen and oxygen atoms in total. The second-order valence-electron chi connectivity index (χ2n) is 15.0. The van der Waals surface area contributed by atoms with Crippen LogP contribution in [0.25, 0.3) is 0 Å². The van der Waals surface area contributed by atoms with Gasteiger partial charge < -0.3 is 20.4 Å². The Morgan fingerprint density at radius 2 is 1.43 bits per heavy atom. The normalized spacial score (nSPS) is 27.2. The molecule has 0 aromatic carbocycles. The van der Waals surface area contributed by atoms with Gasteiger partial charge in [-0.1, -0.05) is 41.5 Å². The SMILES string of the molecule is Cc1[nH]c(NC(=O)NC2CC(C)(C)CC(C)(CN=C=O)C2)nc(=O)c1CCOC(=O)NC1CC(C)(C)CC(C)(CN=C=O)C1. The van der Waals surface area contributed by atoms with E-state index in [-0.39, 0.29) is 52.7 Å². The minimum atomic E-state index is -0.578. The van der Waals surface area contributed by atoms with Crippen molar-refractivity contribution in [3.05, 3.63) is 21.6 Å². The van der Waals surface area contributed by atoms with Gasteiger partial charge in [0.25, 0.3) is 5.56 Å². The molecule has 1 heterocycles. The van der Waals surface area contributed by atoms with Crippen LogP contribution < -0.4 is 21.5 Å². The van der Waals surface area contributed by atoms with Crippen molar-refractivity contribution < 1.29 is 23.9 Å². The lowest BCUT2D eigenvalue weighted by Crippen LogP contribution is -2.49. The number of aryl methyl sites for hydroxylation is 1. The van der Waals surface area contributed by atoms with Crippen molar-refractivity contribution in [3.8, 4) is 0 Å². The van der Waals surface area contributed by atoms with Gasteiger partial charge in [-0.15, -0.1) is 0 Å². The highest BCUT2D eigenvalue weighted by Gasteiger charge is 2.43. The predicted octanol–water partition coefficient (Wildman–Crippen LogP) is 4.31. The summed E-state index contributed by atoms with van der Waals surface area (Å²) in [5, 5.41) is 8.51. The van der Waals surface area contributed by atoms with Crippen LogP contribution in [0.3, 0.4) is 0 Å². The third-order valence-corrected chi connectivity index (χ3v) is 8.64. The van der Waals surface area contributed by atoms with E-state index in [1.807, 2.05) is 0 Å². The van der Waals surface area contributed by atoms with E-state index in [0.29, 0.717) is 37.2 Å². The number of carbonyl (C=O) groups excluding carboxylic acids is 4. The van der Waals surface area contributed by atoms with Crippen LogP contribution in [0.2, 0.25) is 0 Å². The summed E-state index contributed by atoms with van der Waals surface area (Å²) >= 11 is 0. The minimum Gasteiger partial charge on any atom is -0.449 e. The summed E-state index contributed by atoms with van der Waals surface area (Å²) in [7, 11) is 0. The van der Waals surface area contributed by atoms with Crippen LogP contribution in [-0.2, 0) is 20.7 Å². The van der Waals surface area contributed by atoms with E-state index in [4.69, 9.17) is 4.74 Å². The first-order valence-electron chi connectivity index (χ1n) is 15.1. The van der Waals surface area contributed by atoms with Crippen LogP contribution in [0, 0.1) is 28.6 Å². The Morgan fingerprint density at radius 3 is 1.93 bits per heavy atom. The number of hydrogen-bond donors (Lipinski definition) is 4. The third kappa shape index (κ3) is 10.1. The zero-order valence-electron chi connectivity index (χ0n) is 27.0. The van der Waals surface area contributed by atoms with Crippen LogP contribution in [0.1, 0.15) is 91.3 Å². The van der Waals surface area contributed by atoms with Gasteiger partial charge >= 0.3 is 12.1 Å². The van der Waals surface area contributed by atoms with Crippen molar-refractivity contribution >= 4 is 30.2 Å². The summed E-state index contributed by atoms with van der Waals surface area (Å²) in [4.78, 5) is 74.0. The molecule has 4 atom stereocenters. The Morgan fingerprint density at radius 1 is 0.909 bits per heavy atom. The number of carbonyl (C=O) groups is 2. The zero-order valence-corrected chi connectivity index (χ0v) is 27.0. The maximum absolute atomic E-state index is 12.8. The van der Waals surface area contributed by atoms with Gasteiger partial charge in [0.05, 0.1) is 19.7 Å². The number of aromatic amines is 1. The van der Waals surface area contributed by atoms with Gasteiger partial charge in [0.1, 0.15) is 0 Å². The number of nitrogens with one attached hydrogen (secondary N) is 4. The third-order valence-electron chi connectivity index (χ3n) is 8.64. The quantitative estimate of drug-likeness (QED) is 0.224. The molecule has 0 bridgehead atoms. The number of amides is 3. The molecular formula is C31H47N7O6. The van der Waals surface area contributed by atoms with Gasteiger partial charge in [0.15, 0.2) is 0 Å². The van der Waals surface area contributed by atoms with Gasteiger partial charge in [-0.25, -0.2) is 29.2 Å². The number of aliphatic imine (C=N–C) groups is 2. The number of isocyanates is 2. The molecule has 0 spiro atoms. The number of aromatic nitrogens is 2. The molecule has 2 aliphatic carbocycles. The monoisotopic (exact) mass is 613 g/mol. The zero-order chi connectivity index (χ0) is 32.8. The predicted molar refractivity (Wildman–Crippen MR) is 165 cm³/mol. The molecule has 0 aliphatic heterocycles. The second-order valence-corrected chi connectivity index (χ2v) is 15.0. The van der Waals surface area contributed by atoms with E-state index in [1.54, 1.807) is 19.1 Å². The molecule has 1 aromatic heterocycles. The van der Waals surface area contributed by atoms with Crippen LogP contribution in [0.15, 0.2) is 14.8 Å². The van der Waals surface area contributed by atoms with Crippen molar-refractivity contribution in [2.75, 3.05) is 25.0 Å². The van der Waals surface area contributed by atoms with E-state index < -0.39 is 17.7 Å². The molecule has 4 unspecified atom stereocenters. The van der Waals surface area contributed by atoms with Gasteiger partial charge in [0.2, 0.25) is 18.1 Å². The van der Waals surface area contributed by atoms with Gasteiger partial charge in [0, 0.05) is 29.8 Å². The fourth-order valence-electron chi connectivity index (χ4n) is 7.91. The highest BCUT2D eigenvalue weighted by Crippen LogP contribution is 2.47. The lowest BCUT2D eigenvalue weighted by Gasteiger charge is -2.46. The molecule has 3 amide bonds. The Hall–Kier alpha value is -3.82. The molecule has 44 heavy (non-hydrogen) atoms. The number of nitrogens with zero attached hydrogens (tertiary/aromatic N) is 3. The fourth-order valence-corrected chi connectivity index (χ4v) is 7.91. The summed E-state index contributed by atoms with van der Waals surface area (Å²) in [6, 6.07) is -0.789. The molecule has 13 heteroatoms. The van der Waals surface area contributed by atoms with Crippen molar-refractivity contribution in [1.29, 1.82) is 0 Å². The average Bonchev–Trinajstić information content (AvgIpc) is 2.85. The first kappa shape index (κ1) is 34.7. The number of rotatable bonds is 10. The van der Waals surface area contributed by atoms with Gasteiger partial charge in [-0.05, 0) is 67.1 Å². The lowest BCUT2D eigenvalue weighted by molar-refractivity contribution is 0.0714. The molecule has 4 N–H and O–H groups in total. The largest absolute Gasteiger partial charge is 0.449 e. The minimum absolute atomic E-state index is 0.0117. The number of H-pyrrole nitrogens is 1. The maximum atomic E-state index is 12.8. The summed E-state index contributed by atoms with van der Waals surface area (Å²) in [5.74, 6) is 0.0117. The fraction of sp³-hybridized carbons (Fsp3) is 0.742. The van der Waals surface area contributed by atoms with E-state index in [2.05, 4.69) is 77.4 Å². The van der Waals surface area contributed by atoms with E-state index in [0.717, 1.165) is 25.7 Å². The molecule has 3 rings (SSSR count). The lowest BCUT2D eigenvalue weighted by atomic mass is 9.62. The number of urea groups is 1. The molecule has 2 saturated carbocycles. The van der Waals surface area contributed by atoms with E-state index in [1.165, 1.54) is 0 Å². The Kier molecular flexibility index (Phi) is 10.9. The van der Waals surface area contributed by atoms with Gasteiger partial charge in [-0.2, -0.15) is 4.98 Å². The van der Waals surface area contributed by atoms with Crippen LogP contribution >= 0.6 is 0 Å². The summed E-state index contributed by atoms with van der Waals surface area (Å²) in [5.41, 5.74) is -0.275. The van der Waals surface area contributed by atoms with Gasteiger partial charge in [-0.3, -0.25) is 10.1 Å². The van der Waals surface area contributed by atoms with Crippen LogP contribution in [0.5, 0.6) is 0 Å². The average molecular weight is 614 g/mol. The molecule has 2 aliphatic rings. The Bertz CT molecular complexity index is 1380. The maximum Gasteiger partial charge on any atom is 0.407 e. The van der Waals surface area contributed by atoms with Crippen molar-refractivity contribution in [1.82, 2.24) is 20.6 Å². The van der Waals surface area contributed by atoms with E-state index in [9.17, 15) is 24.0 Å². The standard InChI is InChI=1S/C31H47N7O6/c1-20-23(8-9-44-27(43)36-22-11-29(4,5)15-31(7,13-22)17-33-19-40)24(41)37-25(34-20)38-26(42)35-21-10-28(2,3)14-30(6,12-21)16-32-18-39/h21-22H,8-17H2,1-7H3,(H,36,43)(H3,34,35,37,38,41,42). The second kappa shape index (κ2) is 13.9. The summed E-state index contributed by atoms with van der Waals surface area (Å²) in [6.07, 6.45) is 7.35. The number of anilines is 1. The van der Waals surface area contributed by atoms with Crippen LogP contribution in [-0.4, -0.2) is 66.0 Å². The summed E-state index contributed by atoms with van der Waals surface area (Å²) < 4.78 is 5.39. The Balaban J connectivity index is 1.53. The smallest absolute Gasteiger partial charge is 0.407 e. The molecule has 2 fully saturated rings. The molecule has 0 radical (unpaired) electrons. The number of hydrogen-bond acceptors (Lipinski definition) is 9.